The van der Waals surface area contributed by atoms with Crippen molar-refractivity contribution in [3.8, 4) is 11.1 Å². The molecule has 0 radical (unpaired) electrons. The topological polar surface area (TPSA) is 114 Å². The third-order valence-corrected chi connectivity index (χ3v) is 6.20. The fourth-order valence-electron chi connectivity index (χ4n) is 4.43. The highest BCUT2D eigenvalue weighted by atomic mass is 16.5. The summed E-state index contributed by atoms with van der Waals surface area (Å²) in [5.74, 6) is -1.26. The number of rotatable bonds is 9. The molecule has 1 aliphatic carbocycles. The van der Waals surface area contributed by atoms with E-state index in [0.717, 1.165) is 22.3 Å². The quantitative estimate of drug-likeness (QED) is 0.450. The first-order chi connectivity index (χ1) is 16.9. The number of nitrogens with one attached hydrogen (secondary N) is 1. The Kier molecular flexibility index (Phi) is 7.14. The third kappa shape index (κ3) is 5.18. The lowest BCUT2D eigenvalue weighted by Gasteiger charge is -2.18. The second-order valence-electron chi connectivity index (χ2n) is 8.56. The van der Waals surface area contributed by atoms with Crippen LogP contribution >= 0.6 is 0 Å². The number of unbranched alkanes of at least 4 members (excludes halogenated alkanes) is 1. The molecule has 9 heteroatoms. The number of carbonyl (C=O) groups excluding carboxylic acids is 2. The van der Waals surface area contributed by atoms with Gasteiger partial charge in [0.25, 0.3) is 5.91 Å². The van der Waals surface area contributed by atoms with Crippen molar-refractivity contribution in [1.29, 1.82) is 0 Å². The smallest absolute Gasteiger partial charge is 0.411 e. The lowest BCUT2D eigenvalue weighted by atomic mass is 9.98. The number of hydrogen-bond donors (Lipinski definition) is 2. The number of aliphatic carboxylic acids is 1. The highest BCUT2D eigenvalue weighted by Crippen LogP contribution is 2.44. The highest BCUT2D eigenvalue weighted by molar-refractivity contribution is 6.01. The number of aryl methyl sites for hydroxylation is 1. The van der Waals surface area contributed by atoms with Crippen molar-refractivity contribution in [2.75, 3.05) is 25.5 Å². The van der Waals surface area contributed by atoms with Gasteiger partial charge in [0, 0.05) is 33.0 Å². The van der Waals surface area contributed by atoms with Gasteiger partial charge in [-0.2, -0.15) is 5.10 Å². The molecule has 0 spiro atoms. The fourth-order valence-corrected chi connectivity index (χ4v) is 4.43. The van der Waals surface area contributed by atoms with Gasteiger partial charge in [0.15, 0.2) is 0 Å². The summed E-state index contributed by atoms with van der Waals surface area (Å²) in [6.07, 6.45) is 1.83. The Balaban J connectivity index is 1.39. The Morgan fingerprint density at radius 3 is 2.31 bits per heavy atom. The lowest BCUT2D eigenvalue weighted by molar-refractivity contribution is -0.137. The van der Waals surface area contributed by atoms with Crippen LogP contribution in [0.3, 0.4) is 0 Å². The number of nitrogens with zero attached hydrogens (tertiary/aromatic N) is 3. The second kappa shape index (κ2) is 10.4. The molecule has 182 valence electrons. The van der Waals surface area contributed by atoms with Gasteiger partial charge in [-0.15, -0.1) is 0 Å². The normalized spacial score (nSPS) is 12.1. The van der Waals surface area contributed by atoms with E-state index in [0.29, 0.717) is 19.4 Å². The predicted octanol–water partition coefficient (Wildman–Crippen LogP) is 4.11. The second-order valence-corrected chi connectivity index (χ2v) is 8.56. The number of hydrogen-bond acceptors (Lipinski definition) is 5. The molecular weight excluding hydrogens is 448 g/mol. The first kappa shape index (κ1) is 24.0. The van der Waals surface area contributed by atoms with Crippen LogP contribution in [0.2, 0.25) is 0 Å². The van der Waals surface area contributed by atoms with E-state index in [-0.39, 0.29) is 36.2 Å². The largest absolute Gasteiger partial charge is 0.481 e. The van der Waals surface area contributed by atoms with Crippen LogP contribution in [0.5, 0.6) is 0 Å². The molecule has 0 aliphatic heterocycles. The van der Waals surface area contributed by atoms with Crippen molar-refractivity contribution in [2.45, 2.75) is 25.2 Å². The van der Waals surface area contributed by atoms with E-state index in [4.69, 9.17) is 9.84 Å². The molecule has 2 amide bonds. The molecule has 0 saturated carbocycles. The highest BCUT2D eigenvalue weighted by Gasteiger charge is 2.29. The summed E-state index contributed by atoms with van der Waals surface area (Å²) >= 11 is 0. The van der Waals surface area contributed by atoms with Gasteiger partial charge >= 0.3 is 12.1 Å². The summed E-state index contributed by atoms with van der Waals surface area (Å²) in [5, 5.41) is 15.5. The molecular formula is C26H28N4O5. The number of benzene rings is 2. The first-order valence-corrected chi connectivity index (χ1v) is 11.5. The van der Waals surface area contributed by atoms with Gasteiger partial charge in [-0.25, -0.2) is 4.79 Å². The SMILES string of the molecule is CN(CCCCC(=O)O)C(=O)c1c(NC(=O)OCC2c3ccccc3-c3ccccc32)cnn1C. The van der Waals surface area contributed by atoms with E-state index in [9.17, 15) is 14.4 Å². The molecule has 9 nitrogen and oxygen atoms in total. The zero-order valence-corrected chi connectivity index (χ0v) is 19.7. The van der Waals surface area contributed by atoms with Crippen LogP contribution in [0.15, 0.2) is 54.7 Å². The number of aromatic nitrogens is 2. The van der Waals surface area contributed by atoms with Gasteiger partial charge in [-0.3, -0.25) is 19.6 Å². The Labute approximate surface area is 203 Å². The van der Waals surface area contributed by atoms with Gasteiger partial charge in [0.1, 0.15) is 12.3 Å². The lowest BCUT2D eigenvalue weighted by Crippen LogP contribution is -2.30. The molecule has 0 unspecified atom stereocenters. The van der Waals surface area contributed by atoms with E-state index in [1.807, 2.05) is 36.4 Å². The minimum atomic E-state index is -0.861. The van der Waals surface area contributed by atoms with Crippen molar-refractivity contribution in [3.63, 3.8) is 0 Å². The van der Waals surface area contributed by atoms with Crippen LogP contribution in [-0.2, 0) is 16.6 Å². The number of fused-ring (bicyclic) bond motifs is 3. The van der Waals surface area contributed by atoms with E-state index in [1.54, 1.807) is 14.1 Å². The van der Waals surface area contributed by atoms with Crippen LogP contribution in [0.25, 0.3) is 11.1 Å². The molecule has 1 aromatic heterocycles. The Morgan fingerprint density at radius 1 is 1.06 bits per heavy atom. The molecule has 0 atom stereocenters. The number of ether oxygens (including phenoxy) is 1. The van der Waals surface area contributed by atoms with Gasteiger partial charge in [0.05, 0.1) is 11.9 Å². The number of carboxylic acid groups (broad SMARTS) is 1. The molecule has 2 aromatic carbocycles. The summed E-state index contributed by atoms with van der Waals surface area (Å²) in [7, 11) is 3.25. The molecule has 0 fully saturated rings. The van der Waals surface area contributed by atoms with Crippen LogP contribution < -0.4 is 5.32 Å². The van der Waals surface area contributed by atoms with Gasteiger partial charge in [0.2, 0.25) is 0 Å². The minimum Gasteiger partial charge on any atom is -0.481 e. The zero-order valence-electron chi connectivity index (χ0n) is 19.7. The fraction of sp³-hybridized carbons (Fsp3) is 0.308. The van der Waals surface area contributed by atoms with Crippen LogP contribution in [0, 0.1) is 0 Å². The third-order valence-electron chi connectivity index (χ3n) is 6.20. The summed E-state index contributed by atoms with van der Waals surface area (Å²) in [6.45, 7) is 0.550. The predicted molar refractivity (Wildman–Crippen MR) is 130 cm³/mol. The summed E-state index contributed by atoms with van der Waals surface area (Å²) in [6, 6.07) is 16.2. The monoisotopic (exact) mass is 476 g/mol. The Hall–Kier alpha value is -4.14. The maximum Gasteiger partial charge on any atom is 0.411 e. The van der Waals surface area contributed by atoms with Crippen LogP contribution in [-0.4, -0.2) is 58.0 Å². The Morgan fingerprint density at radius 2 is 1.69 bits per heavy atom. The van der Waals surface area contributed by atoms with Crippen molar-refractivity contribution in [2.24, 2.45) is 7.05 Å². The first-order valence-electron chi connectivity index (χ1n) is 11.5. The molecule has 2 N–H and O–H groups in total. The van der Waals surface area contributed by atoms with Crippen molar-refractivity contribution < 1.29 is 24.2 Å². The average molecular weight is 477 g/mol. The van der Waals surface area contributed by atoms with Gasteiger partial charge < -0.3 is 14.7 Å². The maximum atomic E-state index is 13.0. The van der Waals surface area contributed by atoms with Crippen LogP contribution in [0.1, 0.15) is 46.8 Å². The van der Waals surface area contributed by atoms with E-state index in [1.165, 1.54) is 15.8 Å². The van der Waals surface area contributed by atoms with E-state index < -0.39 is 12.1 Å². The summed E-state index contributed by atoms with van der Waals surface area (Å²) in [4.78, 5) is 37.8. The summed E-state index contributed by atoms with van der Waals surface area (Å²) in [5.41, 5.74) is 4.99. The van der Waals surface area contributed by atoms with Gasteiger partial charge in [-0.05, 0) is 35.1 Å². The molecule has 1 aliphatic rings. The van der Waals surface area contributed by atoms with Gasteiger partial charge in [-0.1, -0.05) is 48.5 Å². The summed E-state index contributed by atoms with van der Waals surface area (Å²) < 4.78 is 6.98. The molecule has 0 bridgehead atoms. The molecule has 1 heterocycles. The number of anilines is 1. The van der Waals surface area contributed by atoms with Crippen molar-refractivity contribution in [1.82, 2.24) is 14.7 Å². The molecule has 35 heavy (non-hydrogen) atoms. The van der Waals surface area contributed by atoms with E-state index in [2.05, 4.69) is 22.5 Å². The maximum absolute atomic E-state index is 13.0. The van der Waals surface area contributed by atoms with Crippen molar-refractivity contribution in [3.05, 3.63) is 71.5 Å². The van der Waals surface area contributed by atoms with E-state index >= 15 is 0 Å². The number of amides is 2. The average Bonchev–Trinajstić information content (AvgIpc) is 3.37. The Bertz CT molecular complexity index is 1210. The zero-order chi connectivity index (χ0) is 24.9. The molecule has 0 saturated heterocycles. The number of carboxylic acids is 1. The minimum absolute atomic E-state index is 0.0579. The molecule has 3 aromatic rings. The van der Waals surface area contributed by atoms with Crippen LogP contribution in [0.4, 0.5) is 10.5 Å². The number of carbonyl (C=O) groups is 3. The standard InChI is InChI=1S/C26H28N4O5/c1-29(14-8-7-13-23(31)32)25(33)24-22(15-27-30(24)2)28-26(34)35-16-21-19-11-5-3-9-17(19)18-10-4-6-12-20(18)21/h3-6,9-12,15,21H,7-8,13-14,16H2,1-2H3,(H,28,34)(H,31,32). The van der Waals surface area contributed by atoms with Crippen molar-refractivity contribution >= 4 is 23.7 Å². The molecule has 4 rings (SSSR count).